The van der Waals surface area contributed by atoms with Crippen molar-refractivity contribution in [2.75, 3.05) is 6.61 Å². The van der Waals surface area contributed by atoms with Crippen molar-refractivity contribution in [2.24, 2.45) is 0 Å². The van der Waals surface area contributed by atoms with Crippen LogP contribution in [0.4, 0.5) is 0 Å². The Bertz CT molecular complexity index is 1070. The summed E-state index contributed by atoms with van der Waals surface area (Å²) in [5.74, 6) is 0.756. The van der Waals surface area contributed by atoms with Crippen LogP contribution in [0.3, 0.4) is 0 Å². The third-order valence-electron chi connectivity index (χ3n) is 5.88. The van der Waals surface area contributed by atoms with Crippen LogP contribution in [-0.2, 0) is 22.7 Å². The molecule has 3 aromatic rings. The van der Waals surface area contributed by atoms with Crippen molar-refractivity contribution < 1.29 is 29.6 Å². The number of ether oxygens (including phenoxy) is 1. The van der Waals surface area contributed by atoms with Crippen LogP contribution >= 0.6 is 23.4 Å². The number of aliphatic hydroxyl groups excluding tert-OH is 4. The lowest BCUT2D eigenvalue weighted by Gasteiger charge is -2.45. The van der Waals surface area contributed by atoms with Crippen LogP contribution in [0.15, 0.2) is 46.9 Å². The zero-order chi connectivity index (χ0) is 21.0. The summed E-state index contributed by atoms with van der Waals surface area (Å²) in [5, 5.41) is 41.9. The fraction of sp³-hybridized carbons (Fsp3) is 0.364. The van der Waals surface area contributed by atoms with Crippen LogP contribution in [0.1, 0.15) is 22.5 Å². The molecule has 0 aliphatic carbocycles. The van der Waals surface area contributed by atoms with E-state index < -0.39 is 28.5 Å². The number of fused-ring (bicyclic) bond motifs is 3. The summed E-state index contributed by atoms with van der Waals surface area (Å²) in [7, 11) is 0. The minimum atomic E-state index is -1.44. The molecule has 0 amide bonds. The van der Waals surface area contributed by atoms with Gasteiger partial charge in [0.05, 0.1) is 24.6 Å². The Hall–Kier alpha value is -1.58. The summed E-state index contributed by atoms with van der Waals surface area (Å²) >= 11 is 7.66. The van der Waals surface area contributed by atoms with Gasteiger partial charge >= 0.3 is 0 Å². The fourth-order valence-corrected chi connectivity index (χ4v) is 6.10. The topological polar surface area (TPSA) is 103 Å². The molecule has 1 fully saturated rings. The normalized spacial score (nSPS) is 30.8. The zero-order valence-electron chi connectivity index (χ0n) is 15.9. The third-order valence-corrected chi connectivity index (χ3v) is 7.89. The molecule has 0 radical (unpaired) electrons. The van der Waals surface area contributed by atoms with E-state index in [1.807, 2.05) is 42.5 Å². The summed E-state index contributed by atoms with van der Waals surface area (Å²) in [6.07, 6.45) is -3.60. The molecular weight excluding hydrogens is 428 g/mol. The largest absolute Gasteiger partial charge is 0.461 e. The average Bonchev–Trinajstić information content (AvgIpc) is 3.31. The Kier molecular flexibility index (Phi) is 5.10. The van der Waals surface area contributed by atoms with Gasteiger partial charge < -0.3 is 29.6 Å². The van der Waals surface area contributed by atoms with E-state index in [-0.39, 0.29) is 13.2 Å². The first kappa shape index (κ1) is 20.3. The van der Waals surface area contributed by atoms with Crippen molar-refractivity contribution in [3.63, 3.8) is 0 Å². The van der Waals surface area contributed by atoms with Crippen LogP contribution in [0.5, 0.6) is 0 Å². The first-order chi connectivity index (χ1) is 14.4. The molecule has 4 N–H and O–H groups in total. The summed E-state index contributed by atoms with van der Waals surface area (Å²) in [6, 6.07) is 13.4. The zero-order valence-corrected chi connectivity index (χ0v) is 17.4. The number of benzene rings is 2. The minimum absolute atomic E-state index is 0.213. The molecule has 2 aliphatic rings. The van der Waals surface area contributed by atoms with Crippen LogP contribution in [0.25, 0.3) is 11.0 Å². The Balaban J connectivity index is 1.54. The van der Waals surface area contributed by atoms with Gasteiger partial charge in [0.2, 0.25) is 0 Å². The van der Waals surface area contributed by atoms with Crippen molar-refractivity contribution in [1.82, 2.24) is 0 Å². The summed E-state index contributed by atoms with van der Waals surface area (Å²) < 4.78 is 11.9. The predicted octanol–water partition coefficient (Wildman–Crippen LogP) is 2.55. The highest BCUT2D eigenvalue weighted by Gasteiger charge is 2.57. The van der Waals surface area contributed by atoms with E-state index >= 15 is 0 Å². The number of hydrogen-bond donors (Lipinski definition) is 4. The summed E-state index contributed by atoms with van der Waals surface area (Å²) in [6.45, 7) is -0.138. The van der Waals surface area contributed by atoms with Crippen molar-refractivity contribution in [3.8, 4) is 0 Å². The molecule has 30 heavy (non-hydrogen) atoms. The molecule has 8 heteroatoms. The molecule has 158 valence electrons. The fourth-order valence-electron chi connectivity index (χ4n) is 4.30. The van der Waals surface area contributed by atoms with E-state index in [9.17, 15) is 20.4 Å². The van der Waals surface area contributed by atoms with Crippen molar-refractivity contribution >= 4 is 34.3 Å². The van der Waals surface area contributed by atoms with E-state index in [0.29, 0.717) is 17.0 Å². The lowest BCUT2D eigenvalue weighted by molar-refractivity contribution is -0.147. The van der Waals surface area contributed by atoms with Gasteiger partial charge in [0.25, 0.3) is 0 Å². The van der Waals surface area contributed by atoms with Gasteiger partial charge in [-0.15, -0.1) is 11.8 Å². The second-order valence-corrected chi connectivity index (χ2v) is 9.60. The van der Waals surface area contributed by atoms with Gasteiger partial charge in [-0.1, -0.05) is 29.8 Å². The quantitative estimate of drug-likeness (QED) is 0.488. The summed E-state index contributed by atoms with van der Waals surface area (Å²) in [4.78, 5) is -1.28. The number of aliphatic hydroxyl groups is 4. The van der Waals surface area contributed by atoms with Gasteiger partial charge in [0.15, 0.2) is 4.93 Å². The van der Waals surface area contributed by atoms with Gasteiger partial charge in [-0.05, 0) is 35.4 Å². The van der Waals surface area contributed by atoms with Crippen LogP contribution in [0.2, 0.25) is 5.02 Å². The maximum atomic E-state index is 10.8. The molecule has 1 saturated heterocycles. The first-order valence-electron chi connectivity index (χ1n) is 9.69. The smallest absolute Gasteiger partial charge is 0.168 e. The molecule has 5 rings (SSSR count). The average molecular weight is 449 g/mol. The van der Waals surface area contributed by atoms with Crippen molar-refractivity contribution in [1.29, 1.82) is 0 Å². The third kappa shape index (κ3) is 3.08. The van der Waals surface area contributed by atoms with Gasteiger partial charge in [0.1, 0.15) is 23.6 Å². The van der Waals surface area contributed by atoms with E-state index in [1.54, 1.807) is 0 Å². The van der Waals surface area contributed by atoms with Crippen molar-refractivity contribution in [3.05, 3.63) is 69.9 Å². The highest BCUT2D eigenvalue weighted by molar-refractivity contribution is 8.00. The Labute approximate surface area is 182 Å². The number of thioether (sulfide) groups is 1. The van der Waals surface area contributed by atoms with E-state index in [1.165, 1.54) is 0 Å². The number of hydrogen-bond acceptors (Lipinski definition) is 7. The van der Waals surface area contributed by atoms with Crippen LogP contribution in [-0.4, -0.2) is 50.6 Å². The van der Waals surface area contributed by atoms with Gasteiger partial charge in [-0.3, -0.25) is 0 Å². The molecule has 1 aromatic heterocycles. The second-order valence-electron chi connectivity index (χ2n) is 7.75. The number of rotatable bonds is 3. The van der Waals surface area contributed by atoms with E-state index in [4.69, 9.17) is 20.8 Å². The molecule has 0 saturated carbocycles. The highest BCUT2D eigenvalue weighted by Crippen LogP contribution is 2.54. The Morgan fingerprint density at radius 1 is 1.10 bits per heavy atom. The number of halogens is 1. The van der Waals surface area contributed by atoms with Gasteiger partial charge in [-0.2, -0.15) is 0 Å². The molecule has 3 heterocycles. The molecule has 5 atom stereocenters. The second kappa shape index (κ2) is 7.53. The van der Waals surface area contributed by atoms with E-state index in [0.717, 1.165) is 39.6 Å². The number of furan rings is 1. The Morgan fingerprint density at radius 2 is 1.90 bits per heavy atom. The van der Waals surface area contributed by atoms with Gasteiger partial charge in [-0.25, -0.2) is 0 Å². The predicted molar refractivity (Wildman–Crippen MR) is 113 cm³/mol. The molecule has 0 bridgehead atoms. The van der Waals surface area contributed by atoms with Gasteiger partial charge in [0, 0.05) is 22.4 Å². The van der Waals surface area contributed by atoms with E-state index in [2.05, 4.69) is 0 Å². The standard InChI is InChI=1S/C22H21ClO6S/c23-16-8-13-10-28-22(21(27)20(26)19(25)18(9-24)30-22)15(13)7-12(16)6-14-5-11-3-1-2-4-17(11)29-14/h1-5,7-8,18-21,24-27H,6,9-10H2/t18-,19-,20+,21-,22+/m1/s1. The molecule has 2 aliphatic heterocycles. The Morgan fingerprint density at radius 3 is 2.67 bits per heavy atom. The maximum absolute atomic E-state index is 10.8. The van der Waals surface area contributed by atoms with Crippen molar-refractivity contribution in [2.45, 2.75) is 41.5 Å². The molecular formula is C22H21ClO6S. The molecule has 6 nitrogen and oxygen atoms in total. The first-order valence-corrected chi connectivity index (χ1v) is 10.9. The SMILES string of the molecule is OC[C@H]1S[C@]2(OCc3cc(Cl)c(Cc4cc5ccccc5o4)cc32)[C@H](O)[C@@H](O)[C@@H]1O. The van der Waals surface area contributed by atoms with Crippen LogP contribution in [0, 0.1) is 0 Å². The lowest BCUT2D eigenvalue weighted by atomic mass is 9.91. The molecule has 2 aromatic carbocycles. The molecule has 1 spiro atoms. The molecule has 0 unspecified atom stereocenters. The minimum Gasteiger partial charge on any atom is -0.461 e. The maximum Gasteiger partial charge on any atom is 0.168 e. The highest BCUT2D eigenvalue weighted by atomic mass is 35.5. The van der Waals surface area contributed by atoms with Crippen LogP contribution < -0.4 is 0 Å². The number of para-hydroxylation sites is 1. The monoisotopic (exact) mass is 448 g/mol. The summed E-state index contributed by atoms with van der Waals surface area (Å²) in [5.41, 5.74) is 3.10. The lowest BCUT2D eigenvalue weighted by Crippen LogP contribution is -2.58.